The van der Waals surface area contributed by atoms with Crippen LogP contribution in [-0.2, 0) is 4.79 Å². The van der Waals surface area contributed by atoms with E-state index >= 15 is 0 Å². The molecule has 166 valence electrons. The van der Waals surface area contributed by atoms with Gasteiger partial charge in [-0.25, -0.2) is 4.98 Å². The molecule has 7 nitrogen and oxygen atoms in total. The monoisotopic (exact) mass is 458 g/mol. The van der Waals surface area contributed by atoms with Crippen molar-refractivity contribution >= 4 is 34.5 Å². The molecule has 0 aliphatic rings. The first-order valence-corrected chi connectivity index (χ1v) is 11.3. The second-order valence-corrected chi connectivity index (χ2v) is 8.44. The van der Waals surface area contributed by atoms with Crippen LogP contribution < -0.4 is 16.4 Å². The number of hydrazine groups is 1. The molecule has 0 spiro atoms. The number of benzene rings is 3. The number of hydrogen-bond acceptors (Lipinski definition) is 5. The first-order valence-electron chi connectivity index (χ1n) is 10.3. The number of hydrogen-bond donors (Lipinski definition) is 2. The molecule has 1 heterocycles. The van der Waals surface area contributed by atoms with E-state index in [2.05, 4.69) is 15.8 Å². The molecule has 33 heavy (non-hydrogen) atoms. The first kappa shape index (κ1) is 22.3. The highest BCUT2D eigenvalue weighted by molar-refractivity contribution is 7.99. The van der Waals surface area contributed by atoms with Crippen LogP contribution in [0.1, 0.15) is 21.5 Å². The van der Waals surface area contributed by atoms with Crippen molar-refractivity contribution in [2.24, 2.45) is 0 Å². The van der Waals surface area contributed by atoms with Gasteiger partial charge in [0.05, 0.1) is 22.3 Å². The summed E-state index contributed by atoms with van der Waals surface area (Å²) in [6, 6.07) is 21.5. The molecule has 0 bridgehead atoms. The Morgan fingerprint density at radius 1 is 0.939 bits per heavy atom. The van der Waals surface area contributed by atoms with Crippen LogP contribution in [0, 0.1) is 13.8 Å². The maximum Gasteiger partial charge on any atom is 0.269 e. The lowest BCUT2D eigenvalue weighted by Crippen LogP contribution is -2.42. The van der Waals surface area contributed by atoms with E-state index in [9.17, 15) is 14.4 Å². The van der Waals surface area contributed by atoms with Gasteiger partial charge in [-0.2, -0.15) is 0 Å². The van der Waals surface area contributed by atoms with Crippen LogP contribution in [0.5, 0.6) is 0 Å². The van der Waals surface area contributed by atoms with Crippen LogP contribution in [0.4, 0.5) is 0 Å². The molecule has 1 aromatic heterocycles. The third-order valence-corrected chi connectivity index (χ3v) is 5.96. The van der Waals surface area contributed by atoms with Crippen LogP contribution in [-0.4, -0.2) is 27.1 Å². The average molecular weight is 459 g/mol. The molecular weight excluding hydrogens is 436 g/mol. The van der Waals surface area contributed by atoms with Gasteiger partial charge >= 0.3 is 0 Å². The molecule has 2 amide bonds. The summed E-state index contributed by atoms with van der Waals surface area (Å²) in [6.45, 7) is 3.92. The van der Waals surface area contributed by atoms with Crippen LogP contribution in [0.2, 0.25) is 0 Å². The van der Waals surface area contributed by atoms with Gasteiger partial charge in [-0.3, -0.25) is 29.8 Å². The minimum Gasteiger partial charge on any atom is -0.272 e. The van der Waals surface area contributed by atoms with E-state index < -0.39 is 11.8 Å². The average Bonchev–Trinajstić information content (AvgIpc) is 2.82. The van der Waals surface area contributed by atoms with E-state index in [0.29, 0.717) is 27.3 Å². The van der Waals surface area contributed by atoms with E-state index in [-0.39, 0.29) is 11.3 Å². The Kier molecular flexibility index (Phi) is 6.55. The minimum absolute atomic E-state index is 0.0369. The van der Waals surface area contributed by atoms with Gasteiger partial charge in [0, 0.05) is 5.56 Å². The Morgan fingerprint density at radius 2 is 1.67 bits per heavy atom. The number of para-hydroxylation sites is 1. The zero-order chi connectivity index (χ0) is 23.4. The third-order valence-electron chi connectivity index (χ3n) is 5.02. The van der Waals surface area contributed by atoms with Crippen LogP contribution in [0.15, 0.2) is 82.7 Å². The van der Waals surface area contributed by atoms with Crippen LogP contribution >= 0.6 is 11.8 Å². The topological polar surface area (TPSA) is 93.1 Å². The summed E-state index contributed by atoms with van der Waals surface area (Å²) in [7, 11) is 0. The molecule has 0 fully saturated rings. The van der Waals surface area contributed by atoms with Gasteiger partial charge in [-0.1, -0.05) is 59.8 Å². The lowest BCUT2D eigenvalue weighted by atomic mass is 10.1. The van der Waals surface area contributed by atoms with E-state index in [4.69, 9.17) is 0 Å². The number of aryl methyl sites for hydroxylation is 2. The fourth-order valence-electron chi connectivity index (χ4n) is 3.43. The molecule has 0 saturated carbocycles. The number of thioether (sulfide) groups is 1. The number of carbonyl (C=O) groups excluding carboxylic acids is 2. The van der Waals surface area contributed by atoms with Crippen molar-refractivity contribution in [3.63, 3.8) is 0 Å². The van der Waals surface area contributed by atoms with Crippen molar-refractivity contribution in [1.29, 1.82) is 0 Å². The smallest absolute Gasteiger partial charge is 0.269 e. The standard InChI is InChI=1S/C25H22N4O3S/c1-16-12-13-21(17(2)14-16)29-24(32)19-10-6-7-11-20(19)26-25(29)33-15-22(30)27-28-23(31)18-8-4-3-5-9-18/h3-14H,15H2,1-2H3,(H,27,30)(H,28,31). The molecule has 2 N–H and O–H groups in total. The summed E-state index contributed by atoms with van der Waals surface area (Å²) in [4.78, 5) is 42.5. The van der Waals surface area contributed by atoms with Gasteiger partial charge in [-0.15, -0.1) is 0 Å². The van der Waals surface area contributed by atoms with Crippen molar-refractivity contribution in [2.45, 2.75) is 19.0 Å². The number of rotatable bonds is 5. The highest BCUT2D eigenvalue weighted by Crippen LogP contribution is 2.23. The molecular formula is C25H22N4O3S. The van der Waals surface area contributed by atoms with E-state index in [1.54, 1.807) is 48.5 Å². The molecule has 0 saturated heterocycles. The summed E-state index contributed by atoms with van der Waals surface area (Å²) >= 11 is 1.13. The highest BCUT2D eigenvalue weighted by Gasteiger charge is 2.16. The molecule has 0 unspecified atom stereocenters. The Hall–Kier alpha value is -3.91. The third kappa shape index (κ3) is 4.96. The van der Waals surface area contributed by atoms with Crippen molar-refractivity contribution in [3.8, 4) is 5.69 Å². The number of aromatic nitrogens is 2. The number of nitrogens with one attached hydrogen (secondary N) is 2. The van der Waals surface area contributed by atoms with Crippen molar-refractivity contribution < 1.29 is 9.59 Å². The maximum atomic E-state index is 13.4. The van der Waals surface area contributed by atoms with Gasteiger partial charge in [0.25, 0.3) is 11.5 Å². The van der Waals surface area contributed by atoms with Crippen molar-refractivity contribution in [3.05, 3.63) is 99.8 Å². The first-order chi connectivity index (χ1) is 15.9. The molecule has 0 aliphatic heterocycles. The molecule has 4 aromatic rings. The molecule has 8 heteroatoms. The Balaban J connectivity index is 1.58. The lowest BCUT2D eigenvalue weighted by Gasteiger charge is -2.15. The fourth-order valence-corrected chi connectivity index (χ4v) is 4.24. The maximum absolute atomic E-state index is 13.4. The Bertz CT molecular complexity index is 1400. The van der Waals surface area contributed by atoms with E-state index in [1.165, 1.54) is 4.57 Å². The molecule has 0 aliphatic carbocycles. The number of fused-ring (bicyclic) bond motifs is 1. The van der Waals surface area contributed by atoms with Gasteiger partial charge in [0.15, 0.2) is 5.16 Å². The van der Waals surface area contributed by atoms with Gasteiger partial charge in [0.2, 0.25) is 5.91 Å². The second-order valence-electron chi connectivity index (χ2n) is 7.50. The Morgan fingerprint density at radius 3 is 2.42 bits per heavy atom. The number of carbonyl (C=O) groups is 2. The predicted molar refractivity (Wildman–Crippen MR) is 130 cm³/mol. The van der Waals surface area contributed by atoms with E-state index in [1.807, 2.05) is 38.1 Å². The fraction of sp³-hybridized carbons (Fsp3) is 0.120. The summed E-state index contributed by atoms with van der Waals surface area (Å²) < 4.78 is 1.54. The zero-order valence-electron chi connectivity index (χ0n) is 18.2. The largest absolute Gasteiger partial charge is 0.272 e. The SMILES string of the molecule is Cc1ccc(-n2c(SCC(=O)NNC(=O)c3ccccc3)nc3ccccc3c2=O)c(C)c1. The lowest BCUT2D eigenvalue weighted by molar-refractivity contribution is -0.119. The summed E-state index contributed by atoms with van der Waals surface area (Å²) in [5.74, 6) is -0.867. The number of amides is 2. The van der Waals surface area contributed by atoms with Gasteiger partial charge in [-0.05, 0) is 49.7 Å². The summed E-state index contributed by atoms with van der Waals surface area (Å²) in [5, 5.41) is 0.900. The highest BCUT2D eigenvalue weighted by atomic mass is 32.2. The Labute approximate surface area is 194 Å². The normalized spacial score (nSPS) is 10.7. The van der Waals surface area contributed by atoms with Gasteiger partial charge < -0.3 is 0 Å². The van der Waals surface area contributed by atoms with Crippen molar-refractivity contribution in [2.75, 3.05) is 5.75 Å². The predicted octanol–water partition coefficient (Wildman–Crippen LogP) is 3.56. The van der Waals surface area contributed by atoms with E-state index in [0.717, 1.165) is 22.9 Å². The molecule has 3 aromatic carbocycles. The van der Waals surface area contributed by atoms with Crippen molar-refractivity contribution in [1.82, 2.24) is 20.4 Å². The number of nitrogens with zero attached hydrogens (tertiary/aromatic N) is 2. The second kappa shape index (κ2) is 9.70. The van der Waals surface area contributed by atoms with Gasteiger partial charge in [0.1, 0.15) is 0 Å². The summed E-state index contributed by atoms with van der Waals surface area (Å²) in [5.41, 5.74) is 8.32. The zero-order valence-corrected chi connectivity index (χ0v) is 19.0. The van der Waals surface area contributed by atoms with Crippen LogP contribution in [0.3, 0.4) is 0 Å². The molecule has 0 atom stereocenters. The quantitative estimate of drug-likeness (QED) is 0.271. The minimum atomic E-state index is -0.418. The molecule has 4 rings (SSSR count). The van der Waals surface area contributed by atoms with Crippen LogP contribution in [0.25, 0.3) is 16.6 Å². The molecule has 0 radical (unpaired) electrons. The summed E-state index contributed by atoms with van der Waals surface area (Å²) in [6.07, 6.45) is 0.